The number of hydrazine groups is 1. The van der Waals surface area contributed by atoms with E-state index in [0.717, 1.165) is 4.68 Å². The van der Waals surface area contributed by atoms with E-state index >= 15 is 0 Å². The third-order valence-corrected chi connectivity index (χ3v) is 4.45. The first-order valence-electron chi connectivity index (χ1n) is 9.30. The number of nitrogens with zero attached hydrogens (tertiary/aromatic N) is 2. The van der Waals surface area contributed by atoms with E-state index in [0.29, 0.717) is 22.3 Å². The summed E-state index contributed by atoms with van der Waals surface area (Å²) in [6.45, 7) is -0.677. The van der Waals surface area contributed by atoms with Crippen molar-refractivity contribution in [3.63, 3.8) is 0 Å². The Morgan fingerprint density at radius 2 is 1.66 bits per heavy atom. The van der Waals surface area contributed by atoms with Crippen molar-refractivity contribution in [1.82, 2.24) is 20.6 Å². The summed E-state index contributed by atoms with van der Waals surface area (Å²) >= 11 is 0. The van der Waals surface area contributed by atoms with Crippen molar-refractivity contribution in [3.8, 4) is 11.5 Å². The van der Waals surface area contributed by atoms with Gasteiger partial charge in [-0.05, 0) is 24.3 Å². The van der Waals surface area contributed by atoms with Crippen molar-refractivity contribution in [2.45, 2.75) is 0 Å². The van der Waals surface area contributed by atoms with Gasteiger partial charge in [0, 0.05) is 18.0 Å². The maximum absolute atomic E-state index is 12.4. The van der Waals surface area contributed by atoms with E-state index in [4.69, 9.17) is 14.2 Å². The van der Waals surface area contributed by atoms with E-state index in [1.807, 2.05) is 0 Å². The monoisotopic (exact) mass is 440 g/mol. The number of carbonyl (C=O) groups excluding carboxylic acids is 3. The zero-order valence-corrected chi connectivity index (χ0v) is 17.5. The zero-order chi connectivity index (χ0) is 23.3. The number of ether oxygens (including phenoxy) is 3. The Bertz CT molecular complexity index is 1250. The molecule has 0 atom stereocenters. The quantitative estimate of drug-likeness (QED) is 0.419. The van der Waals surface area contributed by atoms with Crippen LogP contribution in [0.5, 0.6) is 11.5 Å². The lowest BCUT2D eigenvalue weighted by molar-refractivity contribution is -0.125. The molecule has 0 bridgehead atoms. The van der Waals surface area contributed by atoms with E-state index in [-0.39, 0.29) is 16.8 Å². The van der Waals surface area contributed by atoms with Gasteiger partial charge in [0.1, 0.15) is 0 Å². The highest BCUT2D eigenvalue weighted by molar-refractivity contribution is 6.02. The van der Waals surface area contributed by atoms with Gasteiger partial charge >= 0.3 is 5.97 Å². The van der Waals surface area contributed by atoms with Gasteiger partial charge in [0.25, 0.3) is 17.4 Å². The van der Waals surface area contributed by atoms with E-state index in [1.54, 1.807) is 30.3 Å². The second-order valence-electron chi connectivity index (χ2n) is 6.47. The molecule has 1 aromatic heterocycles. The molecule has 3 aromatic rings. The van der Waals surface area contributed by atoms with Crippen molar-refractivity contribution in [2.24, 2.45) is 7.05 Å². The fourth-order valence-electron chi connectivity index (χ4n) is 2.86. The van der Waals surface area contributed by atoms with Crippen LogP contribution in [0.4, 0.5) is 0 Å². The number of hydrogen-bond acceptors (Lipinski definition) is 8. The van der Waals surface area contributed by atoms with Crippen LogP contribution in [-0.4, -0.2) is 48.4 Å². The van der Waals surface area contributed by atoms with E-state index in [1.165, 1.54) is 33.4 Å². The number of methoxy groups -OCH3 is 2. The molecule has 0 aliphatic heterocycles. The lowest BCUT2D eigenvalue weighted by Crippen LogP contribution is -2.43. The van der Waals surface area contributed by atoms with Crippen LogP contribution in [-0.2, 0) is 16.6 Å². The zero-order valence-electron chi connectivity index (χ0n) is 17.5. The van der Waals surface area contributed by atoms with Crippen LogP contribution in [0, 0.1) is 0 Å². The molecule has 0 aliphatic rings. The molecule has 0 spiro atoms. The molecule has 11 heteroatoms. The first-order valence-corrected chi connectivity index (χ1v) is 9.30. The Hall–Kier alpha value is -4.41. The maximum atomic E-state index is 12.4. The summed E-state index contributed by atoms with van der Waals surface area (Å²) in [5, 5.41) is 4.53. The highest BCUT2D eigenvalue weighted by atomic mass is 16.5. The number of benzene rings is 2. The molecule has 0 fully saturated rings. The summed E-state index contributed by atoms with van der Waals surface area (Å²) < 4.78 is 16.2. The van der Waals surface area contributed by atoms with Crippen LogP contribution in [0.1, 0.15) is 20.8 Å². The number of nitrogens with one attached hydrogen (secondary N) is 2. The summed E-state index contributed by atoms with van der Waals surface area (Å²) in [5.41, 5.74) is 4.09. The Morgan fingerprint density at radius 3 is 2.34 bits per heavy atom. The normalized spacial score (nSPS) is 10.3. The summed E-state index contributed by atoms with van der Waals surface area (Å²) in [6, 6.07) is 10.9. The minimum atomic E-state index is -0.891. The molecule has 0 unspecified atom stereocenters. The summed E-state index contributed by atoms with van der Waals surface area (Å²) in [6.07, 6.45) is 0. The van der Waals surface area contributed by atoms with E-state index < -0.39 is 24.4 Å². The van der Waals surface area contributed by atoms with Crippen molar-refractivity contribution >= 4 is 28.6 Å². The number of aromatic nitrogens is 2. The van der Waals surface area contributed by atoms with Gasteiger partial charge in [0.15, 0.2) is 23.8 Å². The fourth-order valence-corrected chi connectivity index (χ4v) is 2.86. The molecule has 2 N–H and O–H groups in total. The van der Waals surface area contributed by atoms with Crippen molar-refractivity contribution < 1.29 is 28.6 Å². The van der Waals surface area contributed by atoms with Crippen LogP contribution in [0.15, 0.2) is 47.3 Å². The van der Waals surface area contributed by atoms with Gasteiger partial charge < -0.3 is 14.2 Å². The van der Waals surface area contributed by atoms with Crippen molar-refractivity contribution in [3.05, 3.63) is 64.1 Å². The smallest absolute Gasteiger partial charge is 0.359 e. The number of hydrogen-bond donors (Lipinski definition) is 2. The lowest BCUT2D eigenvalue weighted by atomic mass is 10.1. The minimum Gasteiger partial charge on any atom is -0.493 e. The molecule has 0 saturated carbocycles. The first-order chi connectivity index (χ1) is 15.3. The molecule has 1 heterocycles. The molecule has 166 valence electrons. The Balaban J connectivity index is 1.60. The average Bonchev–Trinajstić information content (AvgIpc) is 2.82. The molecule has 0 aliphatic carbocycles. The summed E-state index contributed by atoms with van der Waals surface area (Å²) in [7, 11) is 4.30. The Morgan fingerprint density at radius 1 is 0.969 bits per heavy atom. The molecule has 2 amide bonds. The molecule has 0 saturated heterocycles. The number of rotatable bonds is 6. The molecule has 3 rings (SSSR count). The molecule has 32 heavy (non-hydrogen) atoms. The topological polar surface area (TPSA) is 138 Å². The summed E-state index contributed by atoms with van der Waals surface area (Å²) in [5.74, 6) is -1.49. The lowest BCUT2D eigenvalue weighted by Gasteiger charge is -2.11. The Kier molecular flexibility index (Phi) is 6.68. The van der Waals surface area contributed by atoms with Gasteiger partial charge in [-0.25, -0.2) is 9.48 Å². The second-order valence-corrected chi connectivity index (χ2v) is 6.47. The molecule has 0 radical (unpaired) electrons. The predicted octanol–water partition coefficient (Wildman–Crippen LogP) is 0.569. The first kappa shape index (κ1) is 22.3. The van der Waals surface area contributed by atoms with E-state index in [9.17, 15) is 19.2 Å². The van der Waals surface area contributed by atoms with Gasteiger partial charge in [-0.15, -0.1) is 0 Å². The second kappa shape index (κ2) is 9.60. The van der Waals surface area contributed by atoms with Crippen LogP contribution in [0.25, 0.3) is 10.8 Å². The van der Waals surface area contributed by atoms with Gasteiger partial charge in [-0.3, -0.25) is 25.2 Å². The van der Waals surface area contributed by atoms with Crippen LogP contribution in [0.2, 0.25) is 0 Å². The minimum absolute atomic E-state index is 0.107. The van der Waals surface area contributed by atoms with Gasteiger partial charge in [0.05, 0.1) is 19.6 Å². The van der Waals surface area contributed by atoms with Gasteiger partial charge in [-0.2, -0.15) is 5.10 Å². The van der Waals surface area contributed by atoms with Crippen molar-refractivity contribution in [2.75, 3.05) is 20.8 Å². The average molecular weight is 440 g/mol. The predicted molar refractivity (Wildman–Crippen MR) is 112 cm³/mol. The number of carbonyl (C=O) groups is 3. The van der Waals surface area contributed by atoms with Gasteiger partial charge in [-0.1, -0.05) is 18.2 Å². The number of aryl methyl sites for hydroxylation is 1. The largest absolute Gasteiger partial charge is 0.493 e. The van der Waals surface area contributed by atoms with Gasteiger partial charge in [0.2, 0.25) is 0 Å². The number of fused-ring (bicyclic) bond motifs is 1. The summed E-state index contributed by atoms with van der Waals surface area (Å²) in [4.78, 5) is 48.8. The molecular formula is C21H20N4O7. The van der Waals surface area contributed by atoms with Crippen LogP contribution in [0.3, 0.4) is 0 Å². The van der Waals surface area contributed by atoms with Crippen molar-refractivity contribution in [1.29, 1.82) is 0 Å². The molecule has 11 nitrogen and oxygen atoms in total. The molecular weight excluding hydrogens is 420 g/mol. The third kappa shape index (κ3) is 4.67. The maximum Gasteiger partial charge on any atom is 0.359 e. The highest BCUT2D eigenvalue weighted by Gasteiger charge is 2.18. The third-order valence-electron chi connectivity index (χ3n) is 4.45. The fraction of sp³-hybridized carbons (Fsp3) is 0.190. The van der Waals surface area contributed by atoms with E-state index in [2.05, 4.69) is 16.0 Å². The Labute approximate surface area is 181 Å². The standard InChI is InChI=1S/C21H20N4O7/c1-25-20(28)14-7-5-4-6-13(14)18(24-25)21(29)32-11-17(26)22-23-19(27)12-8-9-15(30-2)16(10-12)31-3/h4-10H,11H2,1-3H3,(H,22,26)(H,23,27). The van der Waals surface area contributed by atoms with Crippen LogP contribution < -0.4 is 25.9 Å². The highest BCUT2D eigenvalue weighted by Crippen LogP contribution is 2.27. The van der Waals surface area contributed by atoms with Crippen LogP contribution >= 0.6 is 0 Å². The SMILES string of the molecule is COc1ccc(C(=O)NNC(=O)COC(=O)c2nn(C)c(=O)c3ccccc23)cc1OC. The number of esters is 1. The molecule has 2 aromatic carbocycles. The number of amides is 2.